The maximum absolute atomic E-state index is 13.4. The topological polar surface area (TPSA) is 91.1 Å². The van der Waals surface area contributed by atoms with Crippen molar-refractivity contribution in [1.82, 2.24) is 14.9 Å². The smallest absolute Gasteiger partial charge is 0.175 e. The van der Waals surface area contributed by atoms with E-state index in [1.165, 1.54) is 18.7 Å². The van der Waals surface area contributed by atoms with Crippen LogP contribution in [0.2, 0.25) is 0 Å². The molecule has 35 heavy (non-hydrogen) atoms. The van der Waals surface area contributed by atoms with Crippen LogP contribution in [0.15, 0.2) is 62.9 Å². The van der Waals surface area contributed by atoms with Crippen molar-refractivity contribution in [2.24, 2.45) is 9.98 Å². The van der Waals surface area contributed by atoms with Gasteiger partial charge in [0.05, 0.1) is 27.5 Å². The SMILES string of the molecule is CN(c1ncnc2c(-c3ccc(S(C)(=O)=O)cc3)csc12)C1CCN(C2C=NC=C(F)C=N2)CC1. The van der Waals surface area contributed by atoms with E-state index in [-0.39, 0.29) is 6.17 Å². The number of sulfone groups is 1. The molecular formula is C24H25FN6O2S2. The third kappa shape index (κ3) is 4.89. The highest BCUT2D eigenvalue weighted by Crippen LogP contribution is 2.38. The van der Waals surface area contributed by atoms with Gasteiger partial charge in [-0.15, -0.1) is 11.3 Å². The molecule has 0 spiro atoms. The van der Waals surface area contributed by atoms with E-state index >= 15 is 0 Å². The number of benzene rings is 1. The summed E-state index contributed by atoms with van der Waals surface area (Å²) >= 11 is 1.59. The molecule has 0 bridgehead atoms. The Kier molecular flexibility index (Phi) is 6.47. The van der Waals surface area contributed by atoms with Crippen LogP contribution in [-0.4, -0.2) is 74.3 Å². The molecule has 1 saturated heterocycles. The summed E-state index contributed by atoms with van der Waals surface area (Å²) in [5.74, 6) is 0.450. The number of aromatic nitrogens is 2. The normalized spacial score (nSPS) is 19.6. The molecule has 1 aromatic carbocycles. The number of rotatable bonds is 5. The highest BCUT2D eigenvalue weighted by atomic mass is 32.2. The first-order valence-corrected chi connectivity index (χ1v) is 14.0. The second-order valence-corrected chi connectivity index (χ2v) is 11.6. The van der Waals surface area contributed by atoms with Crippen molar-refractivity contribution in [3.63, 3.8) is 0 Å². The number of fused-ring (bicyclic) bond motifs is 1. The lowest BCUT2D eigenvalue weighted by molar-refractivity contribution is 0.192. The van der Waals surface area contributed by atoms with Gasteiger partial charge >= 0.3 is 0 Å². The Hall–Kier alpha value is -3.02. The second kappa shape index (κ2) is 9.56. The van der Waals surface area contributed by atoms with Gasteiger partial charge in [0.15, 0.2) is 15.7 Å². The molecule has 11 heteroatoms. The fourth-order valence-electron chi connectivity index (χ4n) is 4.49. The van der Waals surface area contributed by atoms with Crippen molar-refractivity contribution in [3.8, 4) is 11.1 Å². The number of hydrogen-bond acceptors (Lipinski definition) is 9. The molecule has 0 saturated carbocycles. The largest absolute Gasteiger partial charge is 0.355 e. The van der Waals surface area contributed by atoms with E-state index in [2.05, 4.69) is 36.8 Å². The van der Waals surface area contributed by atoms with Crippen molar-refractivity contribution in [1.29, 1.82) is 0 Å². The predicted molar refractivity (Wildman–Crippen MR) is 139 cm³/mol. The number of aliphatic imine (C=N–C) groups is 2. The Morgan fingerprint density at radius 1 is 1.14 bits per heavy atom. The quantitative estimate of drug-likeness (QED) is 0.514. The van der Waals surface area contributed by atoms with Gasteiger partial charge in [-0.25, -0.2) is 22.8 Å². The summed E-state index contributed by atoms with van der Waals surface area (Å²) in [6.45, 7) is 1.64. The molecule has 3 aromatic rings. The third-order valence-corrected chi connectivity index (χ3v) is 8.54. The number of halogens is 1. The number of nitrogens with zero attached hydrogens (tertiary/aromatic N) is 6. The van der Waals surface area contributed by atoms with E-state index in [0.717, 1.165) is 53.1 Å². The van der Waals surface area contributed by atoms with E-state index in [1.807, 2.05) is 17.5 Å². The highest BCUT2D eigenvalue weighted by Gasteiger charge is 2.28. The summed E-state index contributed by atoms with van der Waals surface area (Å²) in [5, 5.41) is 2.05. The fraction of sp³-hybridized carbons (Fsp3) is 0.333. The summed E-state index contributed by atoms with van der Waals surface area (Å²) in [7, 11) is -1.18. The molecule has 0 aliphatic carbocycles. The Bertz CT molecular complexity index is 1420. The number of anilines is 1. The average molecular weight is 513 g/mol. The lowest BCUT2D eigenvalue weighted by Gasteiger charge is -2.38. The Morgan fingerprint density at radius 2 is 1.89 bits per heavy atom. The first kappa shape index (κ1) is 23.7. The van der Waals surface area contributed by atoms with Gasteiger partial charge in [0.1, 0.15) is 18.3 Å². The minimum Gasteiger partial charge on any atom is -0.355 e. The van der Waals surface area contributed by atoms with Crippen molar-refractivity contribution in [3.05, 3.63) is 48.0 Å². The summed E-state index contributed by atoms with van der Waals surface area (Å²) in [4.78, 5) is 22.2. The molecular weight excluding hydrogens is 487 g/mol. The second-order valence-electron chi connectivity index (χ2n) is 8.70. The van der Waals surface area contributed by atoms with Crippen molar-refractivity contribution >= 4 is 49.6 Å². The van der Waals surface area contributed by atoms with Gasteiger partial charge in [-0.3, -0.25) is 14.9 Å². The maximum Gasteiger partial charge on any atom is 0.175 e. The number of allylic oxidation sites excluding steroid dienone is 1. The van der Waals surface area contributed by atoms with Crippen LogP contribution in [-0.2, 0) is 9.84 Å². The van der Waals surface area contributed by atoms with Crippen LogP contribution >= 0.6 is 11.3 Å². The van der Waals surface area contributed by atoms with E-state index < -0.39 is 15.7 Å². The molecule has 5 rings (SSSR count). The number of likely N-dealkylation sites (tertiary alicyclic amines) is 1. The van der Waals surface area contributed by atoms with E-state index in [0.29, 0.717) is 10.9 Å². The Balaban J connectivity index is 1.34. The molecule has 2 aromatic heterocycles. The molecule has 0 amide bonds. The fourth-order valence-corrected chi connectivity index (χ4v) is 6.18. The number of hydrogen-bond donors (Lipinski definition) is 0. The van der Waals surface area contributed by atoms with Crippen LogP contribution in [0.25, 0.3) is 21.3 Å². The van der Waals surface area contributed by atoms with Crippen LogP contribution in [0.4, 0.5) is 10.2 Å². The van der Waals surface area contributed by atoms with E-state index in [4.69, 9.17) is 0 Å². The minimum atomic E-state index is -3.24. The van der Waals surface area contributed by atoms with Crippen molar-refractivity contribution in [2.75, 3.05) is 31.3 Å². The molecule has 0 radical (unpaired) electrons. The van der Waals surface area contributed by atoms with Gasteiger partial charge in [-0.05, 0) is 30.5 Å². The highest BCUT2D eigenvalue weighted by molar-refractivity contribution is 7.90. The molecule has 0 N–H and O–H groups in total. The zero-order chi connectivity index (χ0) is 24.6. The Morgan fingerprint density at radius 3 is 2.60 bits per heavy atom. The Labute approximate surface area is 207 Å². The average Bonchev–Trinajstić information content (AvgIpc) is 3.18. The van der Waals surface area contributed by atoms with Crippen molar-refractivity contribution < 1.29 is 12.8 Å². The van der Waals surface area contributed by atoms with Gasteiger partial charge in [-0.2, -0.15) is 0 Å². The number of thiophene rings is 1. The van der Waals surface area contributed by atoms with Crippen molar-refractivity contribution in [2.45, 2.75) is 29.9 Å². The van der Waals surface area contributed by atoms with E-state index in [1.54, 1.807) is 36.0 Å². The van der Waals surface area contributed by atoms with Crippen LogP contribution in [0, 0.1) is 0 Å². The standard InChI is InChI=1S/C24H25FN6O2S2/c1-30(18-7-9-31(10-8-18)21-13-26-11-17(25)12-27-21)24-23-22(28-15-29-24)20(14-34-23)16-3-5-19(6-4-16)35(2,32)33/h3-6,11-15,18,21H,7-10H2,1-2H3. The molecule has 2 aliphatic rings. The predicted octanol–water partition coefficient (Wildman–Crippen LogP) is 3.95. The third-order valence-electron chi connectivity index (χ3n) is 6.45. The molecule has 1 unspecified atom stereocenters. The summed E-state index contributed by atoms with van der Waals surface area (Å²) in [5.41, 5.74) is 2.74. The monoisotopic (exact) mass is 512 g/mol. The molecule has 1 fully saturated rings. The van der Waals surface area contributed by atoms with Gasteiger partial charge in [0.2, 0.25) is 0 Å². The zero-order valence-electron chi connectivity index (χ0n) is 19.4. The first-order chi connectivity index (χ1) is 16.8. The first-order valence-electron chi connectivity index (χ1n) is 11.2. The summed E-state index contributed by atoms with van der Waals surface area (Å²) < 4.78 is 38.0. The minimum absolute atomic E-state index is 0.245. The number of piperidine rings is 1. The maximum atomic E-state index is 13.4. The molecule has 2 aliphatic heterocycles. The molecule has 1 atom stereocenters. The van der Waals surface area contributed by atoms with Gasteiger partial charge < -0.3 is 4.90 Å². The van der Waals surface area contributed by atoms with Gasteiger partial charge in [-0.1, -0.05) is 12.1 Å². The summed E-state index contributed by atoms with van der Waals surface area (Å²) in [6, 6.07) is 7.19. The van der Waals surface area contributed by atoms with Gasteiger partial charge in [0.25, 0.3) is 0 Å². The molecule has 4 heterocycles. The van der Waals surface area contributed by atoms with Gasteiger partial charge in [0, 0.05) is 49.6 Å². The summed E-state index contributed by atoms with van der Waals surface area (Å²) in [6.07, 6.45) is 8.48. The zero-order valence-corrected chi connectivity index (χ0v) is 21.0. The molecule has 182 valence electrons. The van der Waals surface area contributed by atoms with E-state index in [9.17, 15) is 12.8 Å². The van der Waals surface area contributed by atoms with Crippen LogP contribution in [0.1, 0.15) is 12.8 Å². The lowest BCUT2D eigenvalue weighted by Crippen LogP contribution is -2.47. The van der Waals surface area contributed by atoms with Crippen LogP contribution in [0.3, 0.4) is 0 Å². The molecule has 8 nitrogen and oxygen atoms in total. The van der Waals surface area contributed by atoms with Crippen LogP contribution in [0.5, 0.6) is 0 Å². The van der Waals surface area contributed by atoms with Crippen LogP contribution < -0.4 is 4.90 Å². The lowest BCUT2D eigenvalue weighted by atomic mass is 10.0.